The van der Waals surface area contributed by atoms with Gasteiger partial charge in [0.15, 0.2) is 0 Å². The van der Waals surface area contributed by atoms with E-state index in [0.29, 0.717) is 17.2 Å². The number of amides is 1. The van der Waals surface area contributed by atoms with Crippen molar-refractivity contribution in [2.75, 3.05) is 49.6 Å². The third-order valence-corrected chi connectivity index (χ3v) is 5.22. The maximum absolute atomic E-state index is 12.6. The van der Waals surface area contributed by atoms with Crippen molar-refractivity contribution in [2.24, 2.45) is 5.92 Å². The second kappa shape index (κ2) is 8.50. The number of rotatable bonds is 5. The Labute approximate surface area is 159 Å². The lowest BCUT2D eigenvalue weighted by Crippen LogP contribution is -2.36. The number of carbonyl (C=O) groups excluding carboxylic acids is 1. The van der Waals surface area contributed by atoms with Crippen molar-refractivity contribution in [3.8, 4) is 0 Å². The number of benzene rings is 1. The average molecular weight is 366 g/mol. The Morgan fingerprint density at radius 3 is 2.89 bits per heavy atom. The van der Waals surface area contributed by atoms with Crippen LogP contribution in [-0.2, 0) is 11.2 Å². The summed E-state index contributed by atoms with van der Waals surface area (Å²) in [6.07, 6.45) is 3.94. The van der Waals surface area contributed by atoms with E-state index < -0.39 is 0 Å². The molecule has 2 aromatic rings. The van der Waals surface area contributed by atoms with Crippen molar-refractivity contribution in [1.29, 1.82) is 0 Å². The molecule has 0 bridgehead atoms. The maximum atomic E-state index is 12.6. The molecule has 6 heteroatoms. The van der Waals surface area contributed by atoms with E-state index in [-0.39, 0.29) is 5.91 Å². The lowest BCUT2D eigenvalue weighted by Gasteiger charge is -2.27. The Morgan fingerprint density at radius 2 is 2.15 bits per heavy atom. The summed E-state index contributed by atoms with van der Waals surface area (Å²) >= 11 is 0. The second-order valence-electron chi connectivity index (χ2n) is 7.22. The smallest absolute Gasteiger partial charge is 0.255 e. The van der Waals surface area contributed by atoms with E-state index >= 15 is 0 Å². The van der Waals surface area contributed by atoms with E-state index in [1.165, 1.54) is 12.0 Å². The second-order valence-corrected chi connectivity index (χ2v) is 7.22. The van der Waals surface area contributed by atoms with Crippen LogP contribution in [0.4, 0.5) is 11.5 Å². The fourth-order valence-electron chi connectivity index (χ4n) is 3.70. The molecule has 0 aliphatic carbocycles. The van der Waals surface area contributed by atoms with Gasteiger partial charge in [0.2, 0.25) is 0 Å². The minimum atomic E-state index is -0.0951. The van der Waals surface area contributed by atoms with Crippen molar-refractivity contribution in [2.45, 2.75) is 12.8 Å². The quantitative estimate of drug-likeness (QED) is 0.850. The maximum Gasteiger partial charge on any atom is 0.255 e. The number of anilines is 2. The summed E-state index contributed by atoms with van der Waals surface area (Å²) in [5.41, 5.74) is 2.62. The molecular weight excluding hydrogens is 340 g/mol. The van der Waals surface area contributed by atoms with Crippen LogP contribution in [0.2, 0.25) is 0 Å². The summed E-state index contributed by atoms with van der Waals surface area (Å²) in [6, 6.07) is 11.8. The van der Waals surface area contributed by atoms with E-state index in [1.54, 1.807) is 6.20 Å². The summed E-state index contributed by atoms with van der Waals surface area (Å²) < 4.78 is 5.37. The van der Waals surface area contributed by atoms with Gasteiger partial charge in [0.05, 0.1) is 25.1 Å². The highest BCUT2D eigenvalue weighted by Crippen LogP contribution is 2.18. The molecule has 1 aromatic carbocycles. The number of hydrogen-bond donors (Lipinski definition) is 2. The lowest BCUT2D eigenvalue weighted by molar-refractivity contribution is 0.102. The molecule has 1 amide bonds. The number of morpholine rings is 1. The van der Waals surface area contributed by atoms with E-state index in [2.05, 4.69) is 26.6 Å². The predicted octanol–water partition coefficient (Wildman–Crippen LogP) is 2.32. The molecule has 0 radical (unpaired) electrons. The fraction of sp³-hybridized carbons (Fsp3) is 0.429. The predicted molar refractivity (Wildman–Crippen MR) is 106 cm³/mol. The molecule has 0 spiro atoms. The van der Waals surface area contributed by atoms with Gasteiger partial charge in [-0.3, -0.25) is 4.79 Å². The van der Waals surface area contributed by atoms with Gasteiger partial charge in [0.25, 0.3) is 5.91 Å². The number of pyridine rings is 1. The third kappa shape index (κ3) is 4.64. The molecule has 27 heavy (non-hydrogen) atoms. The first-order valence-corrected chi connectivity index (χ1v) is 9.68. The van der Waals surface area contributed by atoms with Crippen LogP contribution < -0.4 is 15.5 Å². The molecule has 142 valence electrons. The van der Waals surface area contributed by atoms with E-state index in [4.69, 9.17) is 4.74 Å². The molecule has 2 aliphatic rings. The first-order chi connectivity index (χ1) is 13.3. The molecule has 1 atom stereocenters. The monoisotopic (exact) mass is 366 g/mol. The molecule has 2 N–H and O–H groups in total. The van der Waals surface area contributed by atoms with Crippen molar-refractivity contribution in [3.63, 3.8) is 0 Å². The van der Waals surface area contributed by atoms with Gasteiger partial charge < -0.3 is 20.3 Å². The topological polar surface area (TPSA) is 66.5 Å². The molecule has 4 rings (SSSR count). The summed E-state index contributed by atoms with van der Waals surface area (Å²) in [7, 11) is 0. The van der Waals surface area contributed by atoms with E-state index in [0.717, 1.165) is 51.6 Å². The van der Waals surface area contributed by atoms with Gasteiger partial charge in [-0.25, -0.2) is 4.98 Å². The standard InChI is InChI=1S/C21H26N4O2/c26-21(18-3-1-2-16(13-18)12-17-6-7-22-14-17)24-19-4-5-20(23-15-19)25-8-10-27-11-9-25/h1-5,13,15,17,22H,6-12,14H2,(H,24,26). The molecule has 0 saturated carbocycles. The average Bonchev–Trinajstić information content (AvgIpc) is 3.22. The Bertz CT molecular complexity index is 766. The number of carbonyl (C=O) groups is 1. The number of ether oxygens (including phenoxy) is 1. The summed E-state index contributed by atoms with van der Waals surface area (Å²) in [6.45, 7) is 5.32. The number of nitrogens with one attached hydrogen (secondary N) is 2. The van der Waals surface area contributed by atoms with Gasteiger partial charge in [0.1, 0.15) is 5.82 Å². The van der Waals surface area contributed by atoms with Crippen LogP contribution in [-0.4, -0.2) is 50.3 Å². The molecule has 6 nitrogen and oxygen atoms in total. The van der Waals surface area contributed by atoms with Gasteiger partial charge in [-0.05, 0) is 61.7 Å². The zero-order valence-corrected chi connectivity index (χ0v) is 15.5. The molecule has 3 heterocycles. The molecule has 1 aromatic heterocycles. The highest BCUT2D eigenvalue weighted by molar-refractivity contribution is 6.04. The van der Waals surface area contributed by atoms with Gasteiger partial charge in [-0.15, -0.1) is 0 Å². The van der Waals surface area contributed by atoms with Crippen LogP contribution in [0.25, 0.3) is 0 Å². The van der Waals surface area contributed by atoms with Gasteiger partial charge in [-0.2, -0.15) is 0 Å². The first kappa shape index (κ1) is 17.9. The first-order valence-electron chi connectivity index (χ1n) is 9.68. The SMILES string of the molecule is O=C(Nc1ccc(N2CCOCC2)nc1)c1cccc(CC2CCNC2)c1. The number of aromatic nitrogens is 1. The molecular formula is C21H26N4O2. The van der Waals surface area contributed by atoms with Crippen LogP contribution in [0, 0.1) is 5.92 Å². The number of nitrogens with zero attached hydrogens (tertiary/aromatic N) is 2. The van der Waals surface area contributed by atoms with Gasteiger partial charge in [-0.1, -0.05) is 12.1 Å². The molecule has 1 unspecified atom stereocenters. The van der Waals surface area contributed by atoms with Gasteiger partial charge in [0, 0.05) is 18.7 Å². The Morgan fingerprint density at radius 1 is 1.26 bits per heavy atom. The Hall–Kier alpha value is -2.44. The summed E-state index contributed by atoms with van der Waals surface area (Å²) in [5.74, 6) is 1.49. The van der Waals surface area contributed by atoms with Crippen molar-refractivity contribution in [3.05, 3.63) is 53.7 Å². The normalized spacial score (nSPS) is 19.9. The van der Waals surface area contributed by atoms with Crippen LogP contribution in [0.1, 0.15) is 22.3 Å². The van der Waals surface area contributed by atoms with Crippen LogP contribution in [0.3, 0.4) is 0 Å². The zero-order valence-electron chi connectivity index (χ0n) is 15.5. The van der Waals surface area contributed by atoms with E-state index in [9.17, 15) is 4.79 Å². The summed E-state index contributed by atoms with van der Waals surface area (Å²) in [5, 5.41) is 6.35. The highest BCUT2D eigenvalue weighted by Gasteiger charge is 2.16. The number of hydrogen-bond acceptors (Lipinski definition) is 5. The lowest BCUT2D eigenvalue weighted by atomic mass is 9.97. The molecule has 2 aliphatic heterocycles. The van der Waals surface area contributed by atoms with Crippen LogP contribution in [0.5, 0.6) is 0 Å². The van der Waals surface area contributed by atoms with Crippen molar-refractivity contribution < 1.29 is 9.53 Å². The van der Waals surface area contributed by atoms with Crippen molar-refractivity contribution in [1.82, 2.24) is 10.3 Å². The van der Waals surface area contributed by atoms with E-state index in [1.807, 2.05) is 30.3 Å². The minimum Gasteiger partial charge on any atom is -0.378 e. The molecule has 2 fully saturated rings. The largest absolute Gasteiger partial charge is 0.378 e. The van der Waals surface area contributed by atoms with Gasteiger partial charge >= 0.3 is 0 Å². The van der Waals surface area contributed by atoms with Crippen molar-refractivity contribution >= 4 is 17.4 Å². The van der Waals surface area contributed by atoms with Crippen LogP contribution >= 0.6 is 0 Å². The highest BCUT2D eigenvalue weighted by atomic mass is 16.5. The zero-order chi connectivity index (χ0) is 18.5. The Balaban J connectivity index is 1.38. The Kier molecular flexibility index (Phi) is 5.65. The van der Waals surface area contributed by atoms with Crippen LogP contribution in [0.15, 0.2) is 42.6 Å². The fourth-order valence-corrected chi connectivity index (χ4v) is 3.70. The summed E-state index contributed by atoms with van der Waals surface area (Å²) in [4.78, 5) is 19.3. The third-order valence-electron chi connectivity index (χ3n) is 5.22. The molecule has 2 saturated heterocycles. The minimum absolute atomic E-state index is 0.0951.